The molecule has 90 valence electrons. The molecule has 1 atom stereocenters. The molecule has 0 aliphatic rings. The van der Waals surface area contributed by atoms with Crippen LogP contribution in [0.25, 0.3) is 0 Å². The minimum atomic E-state index is -0.486. The zero-order valence-electron chi connectivity index (χ0n) is 9.21. The molecule has 2 aromatic rings. The lowest BCUT2D eigenvalue weighted by Gasteiger charge is -2.15. The van der Waals surface area contributed by atoms with E-state index in [2.05, 4.69) is 4.98 Å². The minimum absolute atomic E-state index is 0. The van der Waals surface area contributed by atoms with Crippen LogP contribution in [0.5, 0.6) is 0 Å². The van der Waals surface area contributed by atoms with Crippen molar-refractivity contribution in [3.05, 3.63) is 54.1 Å². The second-order valence-corrected chi connectivity index (χ2v) is 3.89. The van der Waals surface area contributed by atoms with Crippen molar-refractivity contribution >= 4 is 29.3 Å². The normalized spacial score (nSPS) is 11.6. The van der Waals surface area contributed by atoms with Crippen LogP contribution < -0.4 is 0 Å². The molecule has 0 saturated carbocycles. The van der Waals surface area contributed by atoms with Crippen molar-refractivity contribution in [2.45, 2.75) is 13.0 Å². The van der Waals surface area contributed by atoms with Gasteiger partial charge in [0, 0.05) is 0 Å². The predicted octanol–water partition coefficient (Wildman–Crippen LogP) is 3.29. The summed E-state index contributed by atoms with van der Waals surface area (Å²) in [5.41, 5.74) is 1.53. The van der Waals surface area contributed by atoms with E-state index in [0.29, 0.717) is 5.69 Å². The summed E-state index contributed by atoms with van der Waals surface area (Å²) in [5.74, 6) is 0. The summed E-state index contributed by atoms with van der Waals surface area (Å²) in [6, 6.07) is 9.94. The van der Waals surface area contributed by atoms with E-state index < -0.39 is 5.24 Å². The van der Waals surface area contributed by atoms with E-state index in [1.54, 1.807) is 10.9 Å². The van der Waals surface area contributed by atoms with Crippen molar-refractivity contribution in [1.29, 1.82) is 0 Å². The number of carbonyl (C=O) groups is 1. The molecule has 1 heterocycles. The van der Waals surface area contributed by atoms with Crippen LogP contribution in [0.2, 0.25) is 0 Å². The molecule has 0 radical (unpaired) electrons. The molecule has 0 spiro atoms. The largest absolute Gasteiger partial charge is 0.320 e. The number of aromatic nitrogens is 2. The molecule has 0 N–H and O–H groups in total. The number of hydrogen-bond acceptors (Lipinski definition) is 2. The fourth-order valence-corrected chi connectivity index (χ4v) is 1.80. The highest BCUT2D eigenvalue weighted by Crippen LogP contribution is 2.19. The Balaban J connectivity index is 0.00000144. The molecular weight excluding hydrogens is 259 g/mol. The molecule has 0 fully saturated rings. The summed E-state index contributed by atoms with van der Waals surface area (Å²) in [5, 5.41) is -0.486. The first kappa shape index (κ1) is 13.7. The number of nitrogens with zero attached hydrogens (tertiary/aromatic N) is 2. The maximum absolute atomic E-state index is 11.2. The zero-order chi connectivity index (χ0) is 11.5. The third kappa shape index (κ3) is 2.87. The quantitative estimate of drug-likeness (QED) is 0.803. The molecule has 5 heteroatoms. The first-order chi connectivity index (χ1) is 7.70. The van der Waals surface area contributed by atoms with Gasteiger partial charge < -0.3 is 4.57 Å². The van der Waals surface area contributed by atoms with Crippen molar-refractivity contribution in [2.75, 3.05) is 0 Å². The fraction of sp³-hybridized carbons (Fsp3) is 0.167. The predicted molar refractivity (Wildman–Crippen MR) is 69.9 cm³/mol. The van der Waals surface area contributed by atoms with Crippen LogP contribution in [-0.4, -0.2) is 14.8 Å². The van der Waals surface area contributed by atoms with Gasteiger partial charge in [-0.3, -0.25) is 4.79 Å². The Morgan fingerprint density at radius 2 is 2.00 bits per heavy atom. The number of carbonyl (C=O) groups excluding carboxylic acids is 1. The molecule has 0 saturated heterocycles. The molecule has 17 heavy (non-hydrogen) atoms. The van der Waals surface area contributed by atoms with Gasteiger partial charge in [0.1, 0.15) is 5.69 Å². The summed E-state index contributed by atoms with van der Waals surface area (Å²) in [4.78, 5) is 15.1. The summed E-state index contributed by atoms with van der Waals surface area (Å²) < 4.78 is 1.77. The van der Waals surface area contributed by atoms with Crippen molar-refractivity contribution in [2.24, 2.45) is 0 Å². The monoisotopic (exact) mass is 270 g/mol. The molecule has 0 aliphatic carbocycles. The van der Waals surface area contributed by atoms with Gasteiger partial charge in [-0.15, -0.1) is 12.4 Å². The van der Waals surface area contributed by atoms with Crippen LogP contribution in [0.3, 0.4) is 0 Å². The minimum Gasteiger partial charge on any atom is -0.320 e. The summed E-state index contributed by atoms with van der Waals surface area (Å²) >= 11 is 5.48. The SMILES string of the molecule is CC(c1ccccc1)n1cncc1C(=O)Cl.Cl. The third-order valence-corrected chi connectivity index (χ3v) is 2.76. The second kappa shape index (κ2) is 5.84. The molecule has 3 nitrogen and oxygen atoms in total. The molecule has 1 unspecified atom stereocenters. The van der Waals surface area contributed by atoms with E-state index in [9.17, 15) is 4.79 Å². The van der Waals surface area contributed by atoms with E-state index in [4.69, 9.17) is 11.6 Å². The number of benzene rings is 1. The first-order valence-corrected chi connectivity index (χ1v) is 5.34. The molecule has 1 aromatic carbocycles. The highest BCUT2D eigenvalue weighted by molar-refractivity contribution is 6.67. The van der Waals surface area contributed by atoms with Crippen molar-refractivity contribution in [3.8, 4) is 0 Å². The van der Waals surface area contributed by atoms with Crippen LogP contribution in [0.4, 0.5) is 0 Å². The van der Waals surface area contributed by atoms with Gasteiger partial charge in [0.2, 0.25) is 0 Å². The van der Waals surface area contributed by atoms with Gasteiger partial charge in [-0.05, 0) is 24.1 Å². The summed E-state index contributed by atoms with van der Waals surface area (Å²) in [6.45, 7) is 2.00. The lowest BCUT2D eigenvalue weighted by atomic mass is 10.1. The zero-order valence-corrected chi connectivity index (χ0v) is 10.8. The smallest absolute Gasteiger partial charge is 0.270 e. The topological polar surface area (TPSA) is 34.9 Å². The van der Waals surface area contributed by atoms with Crippen LogP contribution in [0.1, 0.15) is 29.0 Å². The number of hydrogen-bond donors (Lipinski definition) is 0. The van der Waals surface area contributed by atoms with Gasteiger partial charge in [0.15, 0.2) is 0 Å². The van der Waals surface area contributed by atoms with E-state index in [0.717, 1.165) is 5.56 Å². The maximum atomic E-state index is 11.2. The van der Waals surface area contributed by atoms with E-state index in [-0.39, 0.29) is 18.4 Å². The molecule has 0 aliphatic heterocycles. The Bertz CT molecular complexity index is 496. The lowest BCUT2D eigenvalue weighted by Crippen LogP contribution is -2.10. The fourth-order valence-electron chi connectivity index (χ4n) is 1.66. The first-order valence-electron chi connectivity index (χ1n) is 4.96. The number of rotatable bonds is 3. The summed E-state index contributed by atoms with van der Waals surface area (Å²) in [7, 11) is 0. The Morgan fingerprint density at radius 1 is 1.35 bits per heavy atom. The summed E-state index contributed by atoms with van der Waals surface area (Å²) in [6.07, 6.45) is 3.10. The van der Waals surface area contributed by atoms with Crippen molar-refractivity contribution in [1.82, 2.24) is 9.55 Å². The van der Waals surface area contributed by atoms with Crippen molar-refractivity contribution < 1.29 is 4.79 Å². The van der Waals surface area contributed by atoms with Crippen molar-refractivity contribution in [3.63, 3.8) is 0 Å². The molecule has 2 rings (SSSR count). The average Bonchev–Trinajstić information content (AvgIpc) is 2.78. The third-order valence-electron chi connectivity index (χ3n) is 2.57. The Morgan fingerprint density at radius 3 is 2.59 bits per heavy atom. The van der Waals surface area contributed by atoms with E-state index in [1.165, 1.54) is 6.20 Å². The average molecular weight is 271 g/mol. The maximum Gasteiger partial charge on any atom is 0.270 e. The van der Waals surface area contributed by atoms with E-state index in [1.807, 2.05) is 37.3 Å². The Labute approximate surface area is 111 Å². The van der Waals surface area contributed by atoms with Crippen LogP contribution in [-0.2, 0) is 0 Å². The van der Waals surface area contributed by atoms with Gasteiger partial charge >= 0.3 is 0 Å². The molecule has 0 amide bonds. The number of halogens is 2. The Hall–Kier alpha value is -1.32. The van der Waals surface area contributed by atoms with Crippen LogP contribution in [0.15, 0.2) is 42.9 Å². The number of imidazole rings is 1. The lowest BCUT2D eigenvalue weighted by molar-refractivity contribution is 0.107. The second-order valence-electron chi connectivity index (χ2n) is 3.55. The molecule has 1 aromatic heterocycles. The highest BCUT2D eigenvalue weighted by Gasteiger charge is 2.14. The van der Waals surface area contributed by atoms with E-state index >= 15 is 0 Å². The standard InChI is InChI=1S/C12H11ClN2O.ClH/c1-9(10-5-3-2-4-6-10)15-8-14-7-11(15)12(13)16;/h2-9H,1H3;1H. The van der Waals surface area contributed by atoms with Crippen LogP contribution in [0, 0.1) is 0 Å². The molecule has 0 bridgehead atoms. The van der Waals surface area contributed by atoms with Gasteiger partial charge in [-0.1, -0.05) is 30.3 Å². The molecular formula is C12H12Cl2N2O. The van der Waals surface area contributed by atoms with Gasteiger partial charge in [-0.25, -0.2) is 4.98 Å². The highest BCUT2D eigenvalue weighted by atomic mass is 35.5. The van der Waals surface area contributed by atoms with Gasteiger partial charge in [0.05, 0.1) is 18.6 Å². The van der Waals surface area contributed by atoms with Crippen LogP contribution >= 0.6 is 24.0 Å². The van der Waals surface area contributed by atoms with Gasteiger partial charge in [0.25, 0.3) is 5.24 Å². The van der Waals surface area contributed by atoms with Gasteiger partial charge in [-0.2, -0.15) is 0 Å². The Kier molecular flexibility index (Phi) is 4.73.